The predicted octanol–water partition coefficient (Wildman–Crippen LogP) is 3.89. The summed E-state index contributed by atoms with van der Waals surface area (Å²) in [4.78, 5) is 17.3. The van der Waals surface area contributed by atoms with Crippen molar-refractivity contribution in [2.45, 2.75) is 25.3 Å². The Kier molecular flexibility index (Phi) is 5.43. The van der Waals surface area contributed by atoms with Gasteiger partial charge in [-0.2, -0.15) is 0 Å². The number of benzene rings is 1. The number of anilines is 1. The first-order chi connectivity index (χ1) is 9.69. The van der Waals surface area contributed by atoms with Crippen molar-refractivity contribution >= 4 is 34.8 Å². The van der Waals surface area contributed by atoms with Gasteiger partial charge < -0.3 is 10.6 Å². The molecule has 0 radical (unpaired) electrons. The number of carbonyl (C=O) groups excluding carboxylic acids is 1. The van der Waals surface area contributed by atoms with Gasteiger partial charge in [0.15, 0.2) is 0 Å². The molecule has 0 saturated carbocycles. The average molecular weight is 307 g/mol. The minimum atomic E-state index is -0.206. The van der Waals surface area contributed by atoms with E-state index < -0.39 is 0 Å². The Morgan fingerprint density at radius 3 is 2.90 bits per heavy atom. The molecule has 106 valence electrons. The molecule has 2 aromatic rings. The second-order valence-electron chi connectivity index (χ2n) is 4.12. The van der Waals surface area contributed by atoms with E-state index in [1.807, 2.05) is 36.6 Å². The Labute approximate surface area is 127 Å². The molecule has 0 saturated heterocycles. The normalized spacial score (nSPS) is 10.3. The van der Waals surface area contributed by atoms with Crippen molar-refractivity contribution in [2.24, 2.45) is 0 Å². The predicted molar refractivity (Wildman–Crippen MR) is 85.5 cm³/mol. The summed E-state index contributed by atoms with van der Waals surface area (Å²) >= 11 is 3.26. The fraction of sp³-hybridized carbons (Fsp3) is 0.286. The summed E-state index contributed by atoms with van der Waals surface area (Å²) in [5.41, 5.74) is 1.82. The maximum absolute atomic E-state index is 11.9. The molecule has 6 heteroatoms. The van der Waals surface area contributed by atoms with Crippen LogP contribution in [-0.2, 0) is 6.54 Å². The molecular weight excluding hydrogens is 290 g/mol. The molecule has 0 bridgehead atoms. The first-order valence-corrected chi connectivity index (χ1v) is 8.23. The maximum Gasteiger partial charge on any atom is 0.319 e. The maximum atomic E-state index is 11.9. The number of nitrogens with one attached hydrogen (secondary N) is 2. The number of aromatic nitrogens is 1. The van der Waals surface area contributed by atoms with Crippen LogP contribution in [0.4, 0.5) is 10.5 Å². The Balaban J connectivity index is 1.91. The van der Waals surface area contributed by atoms with Gasteiger partial charge in [-0.05, 0) is 24.8 Å². The lowest BCUT2D eigenvalue weighted by atomic mass is 10.3. The molecule has 0 aliphatic carbocycles. The quantitative estimate of drug-likeness (QED) is 0.824. The number of urea groups is 1. The van der Waals surface area contributed by atoms with E-state index in [-0.39, 0.29) is 6.03 Å². The molecule has 1 heterocycles. The molecule has 0 aliphatic rings. The van der Waals surface area contributed by atoms with Crippen LogP contribution in [0.2, 0.25) is 0 Å². The zero-order valence-electron chi connectivity index (χ0n) is 11.5. The lowest BCUT2D eigenvalue weighted by Crippen LogP contribution is -2.28. The van der Waals surface area contributed by atoms with Crippen molar-refractivity contribution in [3.63, 3.8) is 0 Å². The minimum absolute atomic E-state index is 0.206. The summed E-state index contributed by atoms with van der Waals surface area (Å²) in [5, 5.41) is 8.58. The van der Waals surface area contributed by atoms with E-state index in [0.29, 0.717) is 6.54 Å². The van der Waals surface area contributed by atoms with Crippen LogP contribution in [0.15, 0.2) is 34.5 Å². The molecule has 4 nitrogen and oxygen atoms in total. The zero-order chi connectivity index (χ0) is 14.4. The molecule has 0 atom stereocenters. The highest BCUT2D eigenvalue weighted by atomic mass is 32.2. The number of carbonyl (C=O) groups is 1. The average Bonchev–Trinajstić information content (AvgIpc) is 2.85. The SMILES string of the molecule is CCSc1ccccc1NC(=O)NCc1nc(C)cs1. The third-order valence-electron chi connectivity index (χ3n) is 2.50. The van der Waals surface area contributed by atoms with Crippen LogP contribution < -0.4 is 10.6 Å². The van der Waals surface area contributed by atoms with E-state index in [0.717, 1.165) is 27.0 Å². The summed E-state index contributed by atoms with van der Waals surface area (Å²) in [7, 11) is 0. The number of hydrogen-bond acceptors (Lipinski definition) is 4. The molecule has 2 N–H and O–H groups in total. The summed E-state index contributed by atoms with van der Waals surface area (Å²) in [5.74, 6) is 0.971. The van der Waals surface area contributed by atoms with Crippen molar-refractivity contribution in [2.75, 3.05) is 11.1 Å². The summed E-state index contributed by atoms with van der Waals surface area (Å²) in [6.07, 6.45) is 0. The Hall–Kier alpha value is -1.53. The van der Waals surface area contributed by atoms with Gasteiger partial charge in [-0.25, -0.2) is 9.78 Å². The number of rotatable bonds is 5. The van der Waals surface area contributed by atoms with E-state index >= 15 is 0 Å². The number of hydrogen-bond donors (Lipinski definition) is 2. The molecule has 1 aromatic heterocycles. The van der Waals surface area contributed by atoms with E-state index in [1.165, 1.54) is 0 Å². The molecule has 0 unspecified atom stereocenters. The fourth-order valence-electron chi connectivity index (χ4n) is 1.66. The molecule has 20 heavy (non-hydrogen) atoms. The monoisotopic (exact) mass is 307 g/mol. The smallest absolute Gasteiger partial charge is 0.319 e. The minimum Gasteiger partial charge on any atom is -0.331 e. The highest BCUT2D eigenvalue weighted by Gasteiger charge is 2.07. The number of thiazole rings is 1. The van der Waals surface area contributed by atoms with Gasteiger partial charge in [0.1, 0.15) is 5.01 Å². The van der Waals surface area contributed by atoms with E-state index in [9.17, 15) is 4.79 Å². The van der Waals surface area contributed by atoms with Crippen LogP contribution in [-0.4, -0.2) is 16.8 Å². The van der Waals surface area contributed by atoms with Crippen LogP contribution in [0.25, 0.3) is 0 Å². The first kappa shape index (κ1) is 14.9. The molecule has 0 aliphatic heterocycles. The van der Waals surface area contributed by atoms with E-state index in [1.54, 1.807) is 23.1 Å². The van der Waals surface area contributed by atoms with Crippen molar-refractivity contribution < 1.29 is 4.79 Å². The number of thioether (sulfide) groups is 1. The molecular formula is C14H17N3OS2. The molecule has 1 aromatic carbocycles. The topological polar surface area (TPSA) is 54.0 Å². The van der Waals surface area contributed by atoms with Gasteiger partial charge >= 0.3 is 6.03 Å². The van der Waals surface area contributed by atoms with Gasteiger partial charge in [-0.15, -0.1) is 23.1 Å². The van der Waals surface area contributed by atoms with Crippen LogP contribution >= 0.6 is 23.1 Å². The third kappa shape index (κ3) is 4.25. The van der Waals surface area contributed by atoms with Crippen molar-refractivity contribution in [1.29, 1.82) is 0 Å². The standard InChI is InChI=1S/C14H17N3OS2/c1-3-19-12-7-5-4-6-11(12)17-14(18)15-8-13-16-10(2)9-20-13/h4-7,9H,3,8H2,1-2H3,(H2,15,17,18). The molecule has 2 amide bonds. The van der Waals surface area contributed by atoms with Crippen LogP contribution in [0, 0.1) is 6.92 Å². The van der Waals surface area contributed by atoms with Gasteiger partial charge in [0.2, 0.25) is 0 Å². The van der Waals surface area contributed by atoms with Crippen molar-refractivity contribution in [3.05, 3.63) is 40.3 Å². The number of nitrogens with zero attached hydrogens (tertiary/aromatic N) is 1. The van der Waals surface area contributed by atoms with Crippen molar-refractivity contribution in [3.8, 4) is 0 Å². The van der Waals surface area contributed by atoms with E-state index in [4.69, 9.17) is 0 Å². The Morgan fingerprint density at radius 2 is 2.20 bits per heavy atom. The fourth-order valence-corrected chi connectivity index (χ4v) is 3.13. The van der Waals surface area contributed by atoms with Crippen molar-refractivity contribution in [1.82, 2.24) is 10.3 Å². The Morgan fingerprint density at radius 1 is 1.40 bits per heavy atom. The second-order valence-corrected chi connectivity index (χ2v) is 6.37. The van der Waals surface area contributed by atoms with E-state index in [2.05, 4.69) is 22.5 Å². The summed E-state index contributed by atoms with van der Waals surface area (Å²) in [6, 6.07) is 7.60. The third-order valence-corrected chi connectivity index (χ3v) is 4.42. The lowest BCUT2D eigenvalue weighted by Gasteiger charge is -2.10. The van der Waals surface area contributed by atoms with Crippen LogP contribution in [0.1, 0.15) is 17.6 Å². The lowest BCUT2D eigenvalue weighted by molar-refractivity contribution is 0.251. The highest BCUT2D eigenvalue weighted by Crippen LogP contribution is 2.26. The highest BCUT2D eigenvalue weighted by molar-refractivity contribution is 7.99. The number of para-hydroxylation sites is 1. The molecule has 2 rings (SSSR count). The molecule has 0 spiro atoms. The van der Waals surface area contributed by atoms with Gasteiger partial charge in [0, 0.05) is 16.0 Å². The van der Waals surface area contributed by atoms with Gasteiger partial charge in [0.05, 0.1) is 12.2 Å². The van der Waals surface area contributed by atoms with Gasteiger partial charge in [-0.3, -0.25) is 0 Å². The van der Waals surface area contributed by atoms with Crippen LogP contribution in [0.3, 0.4) is 0 Å². The second kappa shape index (κ2) is 7.31. The summed E-state index contributed by atoms with van der Waals surface area (Å²) < 4.78 is 0. The largest absolute Gasteiger partial charge is 0.331 e. The first-order valence-electron chi connectivity index (χ1n) is 6.36. The number of aryl methyl sites for hydroxylation is 1. The van der Waals surface area contributed by atoms with Gasteiger partial charge in [-0.1, -0.05) is 19.1 Å². The number of amides is 2. The van der Waals surface area contributed by atoms with Gasteiger partial charge in [0.25, 0.3) is 0 Å². The van der Waals surface area contributed by atoms with Crippen LogP contribution in [0.5, 0.6) is 0 Å². The molecule has 0 fully saturated rings. The summed E-state index contributed by atoms with van der Waals surface area (Å²) in [6.45, 7) is 4.48. The zero-order valence-corrected chi connectivity index (χ0v) is 13.1. The Bertz CT molecular complexity index is 583.